The molecule has 558 valence electrons. The molecule has 11 aliphatic rings. The first-order chi connectivity index (χ1) is 48.5. The highest BCUT2D eigenvalue weighted by Crippen LogP contribution is 2.55. The van der Waals surface area contributed by atoms with Crippen molar-refractivity contribution in [1.82, 2.24) is 15.7 Å². The predicted octanol–water partition coefficient (Wildman–Crippen LogP) is 5.70. The Balaban J connectivity index is 0.647. The van der Waals surface area contributed by atoms with Crippen LogP contribution in [-0.4, -0.2) is 213 Å². The van der Waals surface area contributed by atoms with Crippen molar-refractivity contribution in [3.63, 3.8) is 0 Å². The molecule has 0 aliphatic carbocycles. The van der Waals surface area contributed by atoms with Crippen molar-refractivity contribution in [1.29, 1.82) is 0 Å². The number of aliphatic hydroxyl groups is 1. The molecule has 27 nitrogen and oxygen atoms in total. The average Bonchev–Trinajstić information content (AvgIpc) is 1.55. The summed E-state index contributed by atoms with van der Waals surface area (Å²) < 4.78 is 77.5. The van der Waals surface area contributed by atoms with Crippen molar-refractivity contribution in [3.8, 4) is 0 Å². The number of nitrogens with one attached hydrogen (secondary N) is 2. The van der Waals surface area contributed by atoms with Crippen molar-refractivity contribution in [2.24, 2.45) is 29.4 Å². The number of nitrogens with two attached hydrogens (primary N) is 1. The third-order valence-electron chi connectivity index (χ3n) is 22.0. The van der Waals surface area contributed by atoms with Crippen molar-refractivity contribution in [2.45, 2.75) is 285 Å². The van der Waals surface area contributed by atoms with Crippen LogP contribution in [0.15, 0.2) is 48.6 Å². The first-order valence-electron chi connectivity index (χ1n) is 36.7. The largest absolute Gasteiger partial charge is 0.461 e. The second-order valence-corrected chi connectivity index (χ2v) is 29.7. The van der Waals surface area contributed by atoms with E-state index >= 15 is 0 Å². The topological polar surface area (TPSA) is 347 Å². The zero-order chi connectivity index (χ0) is 71.6. The molecular formula is C74H104N4O23. The lowest BCUT2D eigenvalue weighted by atomic mass is 9.81. The fourth-order valence-electron chi connectivity index (χ4n) is 16.5. The molecule has 1 aromatic rings. The van der Waals surface area contributed by atoms with Crippen LogP contribution in [0.1, 0.15) is 173 Å². The summed E-state index contributed by atoms with van der Waals surface area (Å²) in [5, 5.41) is 17.5. The summed E-state index contributed by atoms with van der Waals surface area (Å²) in [6, 6.07) is 5.23. The number of amides is 5. The summed E-state index contributed by atoms with van der Waals surface area (Å²) in [4.78, 5) is 120. The maximum absolute atomic E-state index is 14.6. The monoisotopic (exact) mass is 1420 g/mol. The van der Waals surface area contributed by atoms with Crippen LogP contribution in [0.25, 0.3) is 0 Å². The zero-order valence-electron chi connectivity index (χ0n) is 58.8. The zero-order valence-corrected chi connectivity index (χ0v) is 58.8. The van der Waals surface area contributed by atoms with Gasteiger partial charge in [0.25, 0.3) is 11.8 Å². The fourth-order valence-corrected chi connectivity index (χ4v) is 16.5. The van der Waals surface area contributed by atoms with E-state index in [0.717, 1.165) is 43.3 Å². The minimum Gasteiger partial charge on any atom is -0.461 e. The molecule has 5 N–H and O–H groups in total. The van der Waals surface area contributed by atoms with Crippen LogP contribution in [0.2, 0.25) is 0 Å². The molecule has 1 aromatic carbocycles. The molecule has 11 fully saturated rings. The molecule has 1 spiro atoms. The Morgan fingerprint density at radius 3 is 2.16 bits per heavy atom. The first-order valence-corrected chi connectivity index (χ1v) is 36.7. The van der Waals surface area contributed by atoms with E-state index in [-0.39, 0.29) is 207 Å². The van der Waals surface area contributed by atoms with Crippen LogP contribution < -0.4 is 16.4 Å². The highest BCUT2D eigenvalue weighted by Gasteiger charge is 2.69. The quantitative estimate of drug-likeness (QED) is 0.0310. The van der Waals surface area contributed by atoms with Crippen LogP contribution in [0, 0.1) is 23.7 Å². The minimum atomic E-state index is -0.991. The van der Waals surface area contributed by atoms with Gasteiger partial charge >= 0.3 is 18.0 Å². The van der Waals surface area contributed by atoms with Crippen molar-refractivity contribution in [2.75, 3.05) is 40.1 Å². The molecule has 5 amide bonds. The van der Waals surface area contributed by atoms with Gasteiger partial charge in [0.15, 0.2) is 11.6 Å². The van der Waals surface area contributed by atoms with Gasteiger partial charge in [-0.2, -0.15) is 0 Å². The molecule has 6 unspecified atom stereocenters. The highest BCUT2D eigenvalue weighted by molar-refractivity contribution is 6.01. The molecule has 11 saturated heterocycles. The van der Waals surface area contributed by atoms with Gasteiger partial charge in [-0.3, -0.25) is 33.6 Å². The van der Waals surface area contributed by atoms with Gasteiger partial charge in [-0.1, -0.05) is 58.2 Å². The van der Waals surface area contributed by atoms with E-state index in [2.05, 4.69) is 30.7 Å². The van der Waals surface area contributed by atoms with Crippen LogP contribution in [0.4, 0.5) is 4.79 Å². The van der Waals surface area contributed by atoms with Gasteiger partial charge in [0.05, 0.1) is 106 Å². The van der Waals surface area contributed by atoms with E-state index in [1.807, 2.05) is 0 Å². The number of esters is 1. The molecule has 0 saturated carbocycles. The molecule has 11 heterocycles. The summed E-state index contributed by atoms with van der Waals surface area (Å²) in [5.41, 5.74) is 8.60. The van der Waals surface area contributed by atoms with Crippen molar-refractivity contribution in [3.05, 3.63) is 59.7 Å². The van der Waals surface area contributed by atoms with E-state index in [4.69, 9.17) is 67.4 Å². The van der Waals surface area contributed by atoms with Crippen LogP contribution in [-0.2, 0) is 113 Å². The fraction of sp³-hybridized carbons (Fsp3) is 0.743. The Kier molecular flexibility index (Phi) is 26.2. The Hall–Kier alpha value is -5.95. The number of imide groups is 1. The first kappa shape index (κ1) is 76.2. The number of ketones is 3. The lowest BCUT2D eigenvalue weighted by Gasteiger charge is -2.47. The number of fused-ring (bicyclic) bond motifs is 6. The standard InChI is InChI=1S/C74H104N4O23/c1-40(2)52(34-47(80)22-26-90-28-29-91-27-23-65(86)101-78-62(83)18-19-63(78)84)72(87)77-54(8-7-25-76-73(75)88)55(82)32-44-9-11-45(12-10-44)39-92-64(85)20-13-46(79)36-60-66(89-6)53-35-48(81)33-50-15-17-57-67(95-50)71-70-69(97-57)68-61(98-70)38-74(99-68,100-71)24-21-51-31-42(4)56(93-51)16-14-49-30-41(3)43(5)58(94-49)37-59(53)96-60/h9-12,40-41,46,49-54,56-61,66-71,79H,4-5,7-8,13-39H2,1-3,6H3,(H,77,87)(H3,75,76,88)/t41-,46-,49?,50?,51?,52+,53+,54+,56+,57+,58-,59+,60?,61?,66-,67+,68?,69+,70-,71+,74+/m1/s1. The molecular weight excluding hydrogens is 1310 g/mol. The molecule has 12 rings (SSSR count). The van der Waals surface area contributed by atoms with E-state index in [9.17, 15) is 48.3 Å². The maximum Gasteiger partial charge on any atom is 0.335 e. The molecule has 0 aromatic heterocycles. The summed E-state index contributed by atoms with van der Waals surface area (Å²) in [6.07, 6.45) is 1.72. The number of methoxy groups -OCH3 is 1. The second-order valence-electron chi connectivity index (χ2n) is 29.7. The second kappa shape index (κ2) is 34.8. The van der Waals surface area contributed by atoms with Gasteiger partial charge < -0.3 is 83.2 Å². The number of aliphatic hydroxyl groups excluding tert-OH is 1. The van der Waals surface area contributed by atoms with Crippen LogP contribution in [0.3, 0.4) is 0 Å². The number of Topliss-reactive ketones (excluding diaryl/α,β-unsaturated/α-hetero) is 3. The number of hydroxylamine groups is 2. The smallest absolute Gasteiger partial charge is 0.335 e. The third kappa shape index (κ3) is 19.5. The highest BCUT2D eigenvalue weighted by atomic mass is 16.8. The number of carbonyl (C=O) groups excluding carboxylic acids is 9. The number of urea groups is 1. The van der Waals surface area contributed by atoms with Gasteiger partial charge in [0.2, 0.25) is 5.91 Å². The van der Waals surface area contributed by atoms with Crippen LogP contribution in [0.5, 0.6) is 0 Å². The SMILES string of the molecule is C=C1CC2CC[C@@]34CC5O[C@H]6[C@@H](O3)[C@H]3OC(CC[C@@H]3O[C@H]6C5O4)CC(=O)C[C@H]3[C@H](C[C@H]4OC(CC[C@@H]1O2)C[C@@H](C)C4=C)OC(C[C@H](O)CCC(=O)OCc1ccc(CC(=O)[C@H](CCCNC(N)=O)NC(=O)[C@@H](CC(=O)CCOCCOCCC(=O)ON2C(=O)CCC2=O)C(C)C)cc1)[C@@H]3OC. The van der Waals surface area contributed by atoms with Crippen molar-refractivity contribution >= 4 is 53.0 Å². The summed E-state index contributed by atoms with van der Waals surface area (Å²) in [6.45, 7) is 15.1. The number of carbonyl (C=O) groups is 9. The number of benzene rings is 1. The lowest BCUT2D eigenvalue weighted by molar-refractivity contribution is -0.292. The molecule has 27 heteroatoms. The van der Waals surface area contributed by atoms with E-state index < -0.39 is 96.0 Å². The third-order valence-corrected chi connectivity index (χ3v) is 22.0. The van der Waals surface area contributed by atoms with Crippen LogP contribution >= 0.6 is 0 Å². The van der Waals surface area contributed by atoms with E-state index in [1.165, 1.54) is 0 Å². The molecule has 101 heavy (non-hydrogen) atoms. The Morgan fingerprint density at radius 2 is 1.42 bits per heavy atom. The minimum absolute atomic E-state index is 0.00590. The van der Waals surface area contributed by atoms with Gasteiger partial charge in [0.1, 0.15) is 48.7 Å². The Morgan fingerprint density at radius 1 is 0.723 bits per heavy atom. The Bertz CT molecular complexity index is 3130. The predicted molar refractivity (Wildman–Crippen MR) is 356 cm³/mol. The number of hydrogen-bond donors (Lipinski definition) is 4. The average molecular weight is 1420 g/mol. The summed E-state index contributed by atoms with van der Waals surface area (Å²) in [5.74, 6) is -5.62. The van der Waals surface area contributed by atoms with E-state index in [1.54, 1.807) is 45.2 Å². The van der Waals surface area contributed by atoms with Gasteiger partial charge in [-0.05, 0) is 98.3 Å². The molecule has 12 bridgehead atoms. The van der Waals surface area contributed by atoms with Crippen molar-refractivity contribution < 1.29 is 110 Å². The normalized spacial score (nSPS) is 33.9. The summed E-state index contributed by atoms with van der Waals surface area (Å²) >= 11 is 0. The number of hydrogen-bond acceptors (Lipinski definition) is 23. The number of ether oxygens (including phenoxy) is 12. The van der Waals surface area contributed by atoms with Gasteiger partial charge in [-0.15, -0.1) is 5.06 Å². The molecule has 21 atom stereocenters. The number of rotatable bonds is 30. The number of primary amides is 1. The lowest BCUT2D eigenvalue weighted by Crippen LogP contribution is -2.61. The Labute approximate surface area is 590 Å². The van der Waals surface area contributed by atoms with Gasteiger partial charge in [-0.25, -0.2) is 9.59 Å². The molecule has 11 aliphatic heterocycles. The van der Waals surface area contributed by atoms with E-state index in [0.29, 0.717) is 54.7 Å². The molecule has 0 radical (unpaired) electrons. The number of nitrogens with zero attached hydrogens (tertiary/aromatic N) is 1. The summed E-state index contributed by atoms with van der Waals surface area (Å²) in [7, 11) is 1.60. The van der Waals surface area contributed by atoms with Gasteiger partial charge in [0, 0.05) is 103 Å². The maximum atomic E-state index is 14.6.